The Labute approximate surface area is 83.1 Å². The van der Waals surface area contributed by atoms with Crippen molar-refractivity contribution in [2.24, 2.45) is 0 Å². The molecule has 0 radical (unpaired) electrons. The Morgan fingerprint density at radius 1 is 1.43 bits per heavy atom. The number of rotatable bonds is 5. The molecule has 1 rings (SSSR count). The van der Waals surface area contributed by atoms with Crippen LogP contribution in [-0.2, 0) is 16.0 Å². The zero-order valence-corrected chi connectivity index (χ0v) is 8.07. The fraction of sp³-hybridized carbons (Fsp3) is 0.273. The fourth-order valence-electron chi connectivity index (χ4n) is 1.25. The lowest BCUT2D eigenvalue weighted by atomic mass is 10.0. The normalized spacial score (nSPS) is 11.8. The molecule has 3 heteroatoms. The van der Waals surface area contributed by atoms with Gasteiger partial charge in [0.05, 0.1) is 6.04 Å². The second kappa shape index (κ2) is 5.17. The minimum Gasteiger partial charge on any atom is -0.349 e. The molecule has 14 heavy (non-hydrogen) atoms. The number of carbonyl (C=O) groups excluding carboxylic acids is 2. The van der Waals surface area contributed by atoms with Crippen LogP contribution in [-0.4, -0.2) is 18.2 Å². The standard InChI is InChI=1S/C11H13NO2/c1-9(14)11(12-8-13)7-10-5-3-2-4-6-10/h2-6,8,11H,7H2,1H3,(H,12,13). The second-order valence-electron chi connectivity index (χ2n) is 3.14. The van der Waals surface area contributed by atoms with E-state index in [0.717, 1.165) is 5.56 Å². The van der Waals surface area contributed by atoms with E-state index in [4.69, 9.17) is 0 Å². The van der Waals surface area contributed by atoms with Crippen LogP contribution >= 0.6 is 0 Å². The highest BCUT2D eigenvalue weighted by atomic mass is 16.1. The molecule has 0 bridgehead atoms. The summed E-state index contributed by atoms with van der Waals surface area (Å²) >= 11 is 0. The highest BCUT2D eigenvalue weighted by Gasteiger charge is 2.12. The van der Waals surface area contributed by atoms with E-state index in [1.54, 1.807) is 0 Å². The third-order valence-corrected chi connectivity index (χ3v) is 2.04. The highest BCUT2D eigenvalue weighted by Crippen LogP contribution is 2.03. The van der Waals surface area contributed by atoms with E-state index in [1.165, 1.54) is 6.92 Å². The van der Waals surface area contributed by atoms with Crippen molar-refractivity contribution >= 4 is 12.2 Å². The van der Waals surface area contributed by atoms with Crippen LogP contribution in [0.5, 0.6) is 0 Å². The Morgan fingerprint density at radius 3 is 2.57 bits per heavy atom. The topological polar surface area (TPSA) is 46.2 Å². The lowest BCUT2D eigenvalue weighted by Crippen LogP contribution is -2.36. The van der Waals surface area contributed by atoms with Crippen molar-refractivity contribution in [3.63, 3.8) is 0 Å². The van der Waals surface area contributed by atoms with Crippen LogP contribution in [0.15, 0.2) is 30.3 Å². The van der Waals surface area contributed by atoms with E-state index in [9.17, 15) is 9.59 Å². The van der Waals surface area contributed by atoms with Crippen molar-refractivity contribution in [1.29, 1.82) is 0 Å². The van der Waals surface area contributed by atoms with Gasteiger partial charge in [-0.2, -0.15) is 0 Å². The number of benzene rings is 1. The minimum absolute atomic E-state index is 0.0269. The SMILES string of the molecule is CC(=O)C(Cc1ccccc1)NC=O. The number of carbonyl (C=O) groups is 2. The van der Waals surface area contributed by atoms with Crippen LogP contribution in [0.4, 0.5) is 0 Å². The summed E-state index contributed by atoms with van der Waals surface area (Å²) in [7, 11) is 0. The Balaban J connectivity index is 2.64. The summed E-state index contributed by atoms with van der Waals surface area (Å²) in [5.74, 6) is -0.0269. The molecule has 0 aliphatic carbocycles. The first kappa shape index (κ1) is 10.4. The van der Waals surface area contributed by atoms with Crippen molar-refractivity contribution < 1.29 is 9.59 Å². The number of nitrogens with one attached hydrogen (secondary N) is 1. The number of Topliss-reactive ketones (excluding diaryl/α,β-unsaturated/α-hetero) is 1. The van der Waals surface area contributed by atoms with Gasteiger partial charge in [0.2, 0.25) is 6.41 Å². The molecule has 0 saturated heterocycles. The molecule has 0 fully saturated rings. The monoisotopic (exact) mass is 191 g/mol. The van der Waals surface area contributed by atoms with Crippen LogP contribution in [0, 0.1) is 0 Å². The van der Waals surface area contributed by atoms with Gasteiger partial charge < -0.3 is 5.32 Å². The number of hydrogen-bond acceptors (Lipinski definition) is 2. The summed E-state index contributed by atoms with van der Waals surface area (Å²) in [5.41, 5.74) is 1.04. The van der Waals surface area contributed by atoms with E-state index < -0.39 is 6.04 Å². The van der Waals surface area contributed by atoms with E-state index >= 15 is 0 Å². The Kier molecular flexibility index (Phi) is 3.85. The molecule has 0 spiro atoms. The Morgan fingerprint density at radius 2 is 2.07 bits per heavy atom. The van der Waals surface area contributed by atoms with Crippen LogP contribution in [0.1, 0.15) is 12.5 Å². The summed E-state index contributed by atoms with van der Waals surface area (Å²) < 4.78 is 0. The smallest absolute Gasteiger partial charge is 0.207 e. The summed E-state index contributed by atoms with van der Waals surface area (Å²) in [6, 6.07) is 9.19. The molecule has 3 nitrogen and oxygen atoms in total. The van der Waals surface area contributed by atoms with Crippen molar-refractivity contribution in [1.82, 2.24) is 5.32 Å². The van der Waals surface area contributed by atoms with Gasteiger partial charge in [-0.25, -0.2) is 0 Å². The number of hydrogen-bond donors (Lipinski definition) is 1. The van der Waals surface area contributed by atoms with Gasteiger partial charge >= 0.3 is 0 Å². The quantitative estimate of drug-likeness (QED) is 0.704. The maximum Gasteiger partial charge on any atom is 0.207 e. The number of ketones is 1. The van der Waals surface area contributed by atoms with E-state index in [0.29, 0.717) is 12.8 Å². The predicted octanol–water partition coefficient (Wildman–Crippen LogP) is 0.933. The molecular formula is C11H13NO2. The predicted molar refractivity (Wildman–Crippen MR) is 53.8 cm³/mol. The molecule has 1 unspecified atom stereocenters. The maximum absolute atomic E-state index is 11.1. The van der Waals surface area contributed by atoms with E-state index in [2.05, 4.69) is 5.32 Å². The van der Waals surface area contributed by atoms with E-state index in [1.807, 2.05) is 30.3 Å². The zero-order chi connectivity index (χ0) is 10.4. The van der Waals surface area contributed by atoms with Gasteiger partial charge in [0.25, 0.3) is 0 Å². The van der Waals surface area contributed by atoms with Gasteiger partial charge in [-0.1, -0.05) is 30.3 Å². The van der Waals surface area contributed by atoms with Crippen molar-refractivity contribution in [3.8, 4) is 0 Å². The molecule has 1 amide bonds. The van der Waals surface area contributed by atoms with Crippen molar-refractivity contribution in [2.75, 3.05) is 0 Å². The summed E-state index contributed by atoms with van der Waals surface area (Å²) in [5, 5.41) is 2.50. The molecule has 0 aliphatic rings. The molecule has 74 valence electrons. The average molecular weight is 191 g/mol. The third kappa shape index (κ3) is 3.01. The van der Waals surface area contributed by atoms with Crippen LogP contribution in [0.3, 0.4) is 0 Å². The molecule has 1 aromatic carbocycles. The molecule has 0 aliphatic heterocycles. The van der Waals surface area contributed by atoms with Crippen LogP contribution in [0.2, 0.25) is 0 Å². The van der Waals surface area contributed by atoms with Gasteiger partial charge in [-0.3, -0.25) is 9.59 Å². The maximum atomic E-state index is 11.1. The van der Waals surface area contributed by atoms with Crippen molar-refractivity contribution in [3.05, 3.63) is 35.9 Å². The minimum atomic E-state index is -0.408. The summed E-state index contributed by atoms with van der Waals surface area (Å²) in [6.07, 6.45) is 1.12. The third-order valence-electron chi connectivity index (χ3n) is 2.04. The summed E-state index contributed by atoms with van der Waals surface area (Å²) in [6.45, 7) is 1.48. The summed E-state index contributed by atoms with van der Waals surface area (Å²) in [4.78, 5) is 21.4. The molecule has 0 aromatic heterocycles. The second-order valence-corrected chi connectivity index (χ2v) is 3.14. The lowest BCUT2D eigenvalue weighted by molar-refractivity contribution is -0.121. The average Bonchev–Trinajstić information content (AvgIpc) is 2.18. The fourth-order valence-corrected chi connectivity index (χ4v) is 1.25. The van der Waals surface area contributed by atoms with Gasteiger partial charge in [-0.15, -0.1) is 0 Å². The van der Waals surface area contributed by atoms with Crippen molar-refractivity contribution in [2.45, 2.75) is 19.4 Å². The molecular weight excluding hydrogens is 178 g/mol. The van der Waals surface area contributed by atoms with Crippen LogP contribution < -0.4 is 5.32 Å². The molecule has 0 heterocycles. The Bertz CT molecular complexity index is 308. The molecule has 1 N–H and O–H groups in total. The van der Waals surface area contributed by atoms with Crippen LogP contribution in [0.25, 0.3) is 0 Å². The Hall–Kier alpha value is -1.64. The van der Waals surface area contributed by atoms with Gasteiger partial charge in [0, 0.05) is 0 Å². The first-order valence-corrected chi connectivity index (χ1v) is 4.48. The largest absolute Gasteiger partial charge is 0.349 e. The molecule has 1 atom stereocenters. The number of amides is 1. The first-order valence-electron chi connectivity index (χ1n) is 4.48. The zero-order valence-electron chi connectivity index (χ0n) is 8.07. The highest BCUT2D eigenvalue weighted by molar-refractivity contribution is 5.83. The molecule has 0 saturated carbocycles. The van der Waals surface area contributed by atoms with Gasteiger partial charge in [0.1, 0.15) is 0 Å². The first-order chi connectivity index (χ1) is 6.74. The molecule has 1 aromatic rings. The van der Waals surface area contributed by atoms with Gasteiger partial charge in [-0.05, 0) is 18.9 Å². The van der Waals surface area contributed by atoms with E-state index in [-0.39, 0.29) is 5.78 Å². The van der Waals surface area contributed by atoms with Gasteiger partial charge in [0.15, 0.2) is 5.78 Å². The lowest BCUT2D eigenvalue weighted by Gasteiger charge is -2.12.